The van der Waals surface area contributed by atoms with Gasteiger partial charge >= 0.3 is 0 Å². The van der Waals surface area contributed by atoms with Gasteiger partial charge in [0.05, 0.1) is 0 Å². The monoisotopic (exact) mass is 468 g/mol. The summed E-state index contributed by atoms with van der Waals surface area (Å²) in [6.07, 6.45) is 10.1. The number of nitrogens with one attached hydrogen (secondary N) is 1. The highest BCUT2D eigenvalue weighted by atomic mass is 16.3. The van der Waals surface area contributed by atoms with E-state index in [1.165, 1.54) is 0 Å². The van der Waals surface area contributed by atoms with Crippen LogP contribution in [0, 0.1) is 6.92 Å². The first-order chi connectivity index (χ1) is 16.9. The molecule has 2 amide bonds. The summed E-state index contributed by atoms with van der Waals surface area (Å²) in [7, 11) is 0. The highest BCUT2D eigenvalue weighted by molar-refractivity contribution is 6.08. The number of carbonyl (C=O) groups excluding carboxylic acids is 2. The number of fused-ring (bicyclic) bond motifs is 1. The molecule has 0 fully saturated rings. The van der Waals surface area contributed by atoms with Gasteiger partial charge in [-0.3, -0.25) is 9.59 Å². The third kappa shape index (κ3) is 4.59. The Morgan fingerprint density at radius 3 is 2.49 bits per heavy atom. The average molecular weight is 469 g/mol. The molecule has 1 unspecified atom stereocenters. The lowest BCUT2D eigenvalue weighted by molar-refractivity contribution is -0.131. The third-order valence-electron chi connectivity index (χ3n) is 6.87. The molecule has 4 rings (SSSR count). The summed E-state index contributed by atoms with van der Waals surface area (Å²) in [5.41, 5.74) is 3.47. The molecule has 1 atom stereocenters. The van der Waals surface area contributed by atoms with Crippen LogP contribution < -0.4 is 5.32 Å². The van der Waals surface area contributed by atoms with E-state index in [9.17, 15) is 9.59 Å². The number of allylic oxidation sites excluding steroid dienone is 5. The van der Waals surface area contributed by atoms with Crippen molar-refractivity contribution in [3.05, 3.63) is 101 Å². The average Bonchev–Trinajstić information content (AvgIpc) is 3.21. The maximum absolute atomic E-state index is 14.1. The molecular formula is C30H32N2O3. The molecule has 1 heterocycles. The summed E-state index contributed by atoms with van der Waals surface area (Å²) in [6, 6.07) is 15.6. The Morgan fingerprint density at radius 2 is 1.83 bits per heavy atom. The molecule has 1 aliphatic carbocycles. The second-order valence-corrected chi connectivity index (χ2v) is 9.00. The van der Waals surface area contributed by atoms with Gasteiger partial charge in [-0.15, -0.1) is 0 Å². The maximum atomic E-state index is 14.1. The molecule has 0 saturated carbocycles. The second kappa shape index (κ2) is 10.2. The van der Waals surface area contributed by atoms with E-state index in [-0.39, 0.29) is 17.6 Å². The lowest BCUT2D eigenvalue weighted by atomic mass is 9.92. The van der Waals surface area contributed by atoms with Crippen molar-refractivity contribution in [2.75, 3.05) is 6.54 Å². The zero-order valence-corrected chi connectivity index (χ0v) is 20.8. The molecule has 5 nitrogen and oxygen atoms in total. The predicted octanol–water partition coefficient (Wildman–Crippen LogP) is 6.20. The van der Waals surface area contributed by atoms with Crippen LogP contribution in [0.4, 0.5) is 0 Å². The van der Waals surface area contributed by atoms with Crippen LogP contribution in [0.1, 0.15) is 54.4 Å². The van der Waals surface area contributed by atoms with Gasteiger partial charge in [0.1, 0.15) is 11.1 Å². The minimum Gasteiger partial charge on any atom is -0.450 e. The van der Waals surface area contributed by atoms with Crippen LogP contribution in [0.5, 0.6) is 0 Å². The van der Waals surface area contributed by atoms with Gasteiger partial charge < -0.3 is 14.6 Å². The normalized spacial score (nSPS) is 14.5. The van der Waals surface area contributed by atoms with E-state index in [1.54, 1.807) is 4.90 Å². The van der Waals surface area contributed by atoms with Gasteiger partial charge in [-0.2, -0.15) is 0 Å². The number of aryl methyl sites for hydroxylation is 1. The van der Waals surface area contributed by atoms with Gasteiger partial charge in [0.25, 0.3) is 5.91 Å². The second-order valence-electron chi connectivity index (χ2n) is 9.00. The summed E-state index contributed by atoms with van der Waals surface area (Å²) < 4.78 is 6.12. The molecule has 0 saturated heterocycles. The van der Waals surface area contributed by atoms with Crippen LogP contribution >= 0.6 is 0 Å². The van der Waals surface area contributed by atoms with Gasteiger partial charge in [-0.1, -0.05) is 79.8 Å². The number of hydrogen-bond acceptors (Lipinski definition) is 3. The fourth-order valence-corrected chi connectivity index (χ4v) is 4.33. The summed E-state index contributed by atoms with van der Waals surface area (Å²) in [5.74, 6) is -0.231. The smallest absolute Gasteiger partial charge is 0.291 e. The van der Waals surface area contributed by atoms with E-state index >= 15 is 0 Å². The van der Waals surface area contributed by atoms with Gasteiger partial charge in [0, 0.05) is 24.0 Å². The topological polar surface area (TPSA) is 62.6 Å². The van der Waals surface area contributed by atoms with Crippen LogP contribution in [-0.4, -0.2) is 28.8 Å². The van der Waals surface area contributed by atoms with Crippen molar-refractivity contribution < 1.29 is 14.0 Å². The number of carbonyl (C=O) groups is 2. The van der Waals surface area contributed by atoms with Crippen LogP contribution in [0.3, 0.4) is 0 Å². The first-order valence-corrected chi connectivity index (χ1v) is 12.1. The first kappa shape index (κ1) is 24.3. The van der Waals surface area contributed by atoms with Gasteiger partial charge in [0.15, 0.2) is 0 Å². The lowest BCUT2D eigenvalue weighted by Crippen LogP contribution is -2.58. The molecule has 180 valence electrons. The lowest BCUT2D eigenvalue weighted by Gasteiger charge is -2.38. The number of nitrogens with zero attached hydrogens (tertiary/aromatic N) is 1. The van der Waals surface area contributed by atoms with E-state index in [0.717, 1.165) is 27.6 Å². The molecule has 0 bridgehead atoms. The Bertz CT molecular complexity index is 1340. The van der Waals surface area contributed by atoms with Crippen molar-refractivity contribution in [2.45, 2.75) is 46.2 Å². The van der Waals surface area contributed by atoms with E-state index in [0.29, 0.717) is 25.1 Å². The molecule has 35 heavy (non-hydrogen) atoms. The predicted molar refractivity (Wildman–Crippen MR) is 141 cm³/mol. The minimum atomic E-state index is -1.07. The van der Waals surface area contributed by atoms with E-state index < -0.39 is 5.54 Å². The highest BCUT2D eigenvalue weighted by Crippen LogP contribution is 2.36. The Kier molecular flexibility index (Phi) is 7.06. The Morgan fingerprint density at radius 1 is 1.11 bits per heavy atom. The van der Waals surface area contributed by atoms with Gasteiger partial charge in [-0.05, 0) is 50.0 Å². The Labute approximate surface area is 206 Å². The summed E-state index contributed by atoms with van der Waals surface area (Å²) in [5, 5.41) is 3.96. The van der Waals surface area contributed by atoms with Crippen molar-refractivity contribution in [3.63, 3.8) is 0 Å². The van der Waals surface area contributed by atoms with Gasteiger partial charge in [0.2, 0.25) is 11.7 Å². The third-order valence-corrected chi connectivity index (χ3v) is 6.87. The van der Waals surface area contributed by atoms with Crippen molar-refractivity contribution in [2.24, 2.45) is 0 Å². The van der Waals surface area contributed by atoms with Crippen molar-refractivity contribution in [3.8, 4) is 0 Å². The molecule has 0 radical (unpaired) electrons. The highest BCUT2D eigenvalue weighted by Gasteiger charge is 2.42. The fourth-order valence-electron chi connectivity index (χ4n) is 4.33. The Balaban J connectivity index is 1.70. The number of furan rings is 1. The van der Waals surface area contributed by atoms with Gasteiger partial charge in [-0.25, -0.2) is 0 Å². The summed E-state index contributed by atoms with van der Waals surface area (Å²) in [6.45, 7) is 8.38. The van der Waals surface area contributed by atoms with Crippen LogP contribution in [0.2, 0.25) is 0 Å². The zero-order valence-electron chi connectivity index (χ0n) is 20.8. The van der Waals surface area contributed by atoms with Crippen LogP contribution in [-0.2, 0) is 11.3 Å². The van der Waals surface area contributed by atoms with Crippen LogP contribution in [0.15, 0.2) is 83.3 Å². The van der Waals surface area contributed by atoms with E-state index in [1.807, 2.05) is 107 Å². The molecule has 2 aromatic carbocycles. The van der Waals surface area contributed by atoms with Crippen LogP contribution in [0.25, 0.3) is 16.5 Å². The molecule has 0 aliphatic heterocycles. The number of rotatable bonds is 9. The number of benzene rings is 2. The largest absolute Gasteiger partial charge is 0.450 e. The molecule has 1 aromatic heterocycles. The van der Waals surface area contributed by atoms with Crippen molar-refractivity contribution >= 4 is 28.4 Å². The SMILES string of the molecule is C/C=C/CN(C(=O)c1oc2ccccc2c1C1=CC=C1)C(C)(CC)C(=O)NCc1ccccc1C. The minimum absolute atomic E-state index is 0.193. The Hall–Kier alpha value is -3.86. The maximum Gasteiger partial charge on any atom is 0.291 e. The standard InChI is InChI=1S/C30H32N2O3/c1-5-7-19-32(30(4,6-2)29(34)31-20-23-14-9-8-13-21(23)3)28(33)27-26(22-15-12-16-22)24-17-10-11-18-25(24)35-27/h5,7-18H,6,19-20H2,1-4H3,(H,31,34)/b7-5+. The molecule has 5 heteroatoms. The molecule has 1 N–H and O–H groups in total. The molecular weight excluding hydrogens is 436 g/mol. The van der Waals surface area contributed by atoms with E-state index in [2.05, 4.69) is 5.32 Å². The molecule has 1 aliphatic rings. The first-order valence-electron chi connectivity index (χ1n) is 12.1. The molecule has 0 spiro atoms. The number of hydrogen-bond donors (Lipinski definition) is 1. The van der Waals surface area contributed by atoms with Crippen molar-refractivity contribution in [1.82, 2.24) is 10.2 Å². The zero-order chi connectivity index (χ0) is 25.0. The van der Waals surface area contributed by atoms with E-state index in [4.69, 9.17) is 4.42 Å². The number of para-hydroxylation sites is 1. The quantitative estimate of drug-likeness (QED) is 0.381. The number of amides is 2. The fraction of sp³-hybridized carbons (Fsp3) is 0.267. The summed E-state index contributed by atoms with van der Waals surface area (Å²) >= 11 is 0. The summed E-state index contributed by atoms with van der Waals surface area (Å²) in [4.78, 5) is 29.3. The van der Waals surface area contributed by atoms with Crippen molar-refractivity contribution in [1.29, 1.82) is 0 Å². The molecule has 3 aromatic rings.